The topological polar surface area (TPSA) is 37.4 Å². The van der Waals surface area contributed by atoms with Crippen LogP contribution in [0, 0.1) is 11.2 Å². The van der Waals surface area contributed by atoms with Crippen LogP contribution in [-0.2, 0) is 4.79 Å². The fourth-order valence-corrected chi connectivity index (χ4v) is 2.26. The normalized spacial score (nSPS) is 15.1. The number of halogens is 3. The van der Waals surface area contributed by atoms with E-state index in [1.165, 1.54) is 11.0 Å². The van der Waals surface area contributed by atoms with Crippen molar-refractivity contribution in [3.05, 3.63) is 28.5 Å². The molecule has 0 saturated heterocycles. The molecule has 0 fully saturated rings. The number of amides is 1. The highest BCUT2D eigenvalue weighted by molar-refractivity contribution is 9.09. The fourth-order valence-electron chi connectivity index (χ4n) is 1.92. The van der Waals surface area contributed by atoms with Crippen LogP contribution in [0.1, 0.15) is 24.2 Å². The number of carbonyl (C=O) groups is 2. The number of nitrogens with zero attached hydrogens (tertiary/aromatic N) is 1. The van der Waals surface area contributed by atoms with Gasteiger partial charge < -0.3 is 4.90 Å². The molecular formula is C13H12BrClFNO2. The molecule has 0 spiro atoms. The van der Waals surface area contributed by atoms with Crippen LogP contribution in [0.4, 0.5) is 10.1 Å². The zero-order valence-corrected chi connectivity index (χ0v) is 12.8. The van der Waals surface area contributed by atoms with Gasteiger partial charge in [0.25, 0.3) is 11.7 Å². The van der Waals surface area contributed by atoms with Crippen molar-refractivity contribution in [1.82, 2.24) is 0 Å². The molecule has 1 heterocycles. The van der Waals surface area contributed by atoms with Crippen molar-refractivity contribution < 1.29 is 14.0 Å². The van der Waals surface area contributed by atoms with Crippen LogP contribution >= 0.6 is 27.5 Å². The number of fused-ring (bicyclic) bond motifs is 1. The minimum atomic E-state index is -0.637. The van der Waals surface area contributed by atoms with Gasteiger partial charge in [-0.25, -0.2) is 4.39 Å². The first kappa shape index (κ1) is 14.5. The highest BCUT2D eigenvalue weighted by Crippen LogP contribution is 2.35. The van der Waals surface area contributed by atoms with E-state index in [-0.39, 0.29) is 16.0 Å². The number of hydrogen-bond acceptors (Lipinski definition) is 2. The molecule has 0 atom stereocenters. The SMILES string of the molecule is CC(C)(CBr)CN1C(=O)C(=O)c2cc(Cl)c(F)cc21. The number of ketones is 1. The Bertz CT molecular complexity index is 574. The van der Waals surface area contributed by atoms with Crippen LogP contribution in [0.2, 0.25) is 5.02 Å². The highest BCUT2D eigenvalue weighted by atomic mass is 79.9. The molecule has 1 aromatic carbocycles. The third-order valence-electron chi connectivity index (χ3n) is 2.96. The standard InChI is InChI=1S/C13H12BrClFNO2/c1-13(2,5-14)6-17-10-4-9(16)8(15)3-7(10)11(18)12(17)19/h3-4H,5-6H2,1-2H3. The zero-order chi connectivity index (χ0) is 14.4. The van der Waals surface area contributed by atoms with E-state index in [0.717, 1.165) is 6.07 Å². The van der Waals surface area contributed by atoms with Crippen LogP contribution in [-0.4, -0.2) is 23.6 Å². The Morgan fingerprint density at radius 2 is 2.00 bits per heavy atom. The average molecular weight is 349 g/mol. The second-order valence-corrected chi connectivity index (χ2v) is 6.27. The summed E-state index contributed by atoms with van der Waals surface area (Å²) in [6.07, 6.45) is 0. The van der Waals surface area contributed by atoms with Gasteiger partial charge in [0, 0.05) is 11.9 Å². The Kier molecular flexibility index (Phi) is 3.71. The molecule has 1 aromatic rings. The maximum absolute atomic E-state index is 13.5. The van der Waals surface area contributed by atoms with Crippen LogP contribution in [0.15, 0.2) is 12.1 Å². The van der Waals surface area contributed by atoms with Crippen LogP contribution in [0.3, 0.4) is 0 Å². The number of Topliss-reactive ketones (excluding diaryl/α,β-unsaturated/α-hetero) is 1. The van der Waals surface area contributed by atoms with Crippen molar-refractivity contribution >= 4 is 44.9 Å². The average Bonchev–Trinajstić information content (AvgIpc) is 2.56. The van der Waals surface area contributed by atoms with Gasteiger partial charge in [0.1, 0.15) is 5.82 Å². The number of benzene rings is 1. The Morgan fingerprint density at radius 1 is 1.37 bits per heavy atom. The molecule has 1 aliphatic heterocycles. The van der Waals surface area contributed by atoms with E-state index in [1.807, 2.05) is 13.8 Å². The van der Waals surface area contributed by atoms with Gasteiger partial charge in [-0.2, -0.15) is 0 Å². The van der Waals surface area contributed by atoms with E-state index < -0.39 is 17.5 Å². The lowest BCUT2D eigenvalue weighted by atomic mass is 9.96. The van der Waals surface area contributed by atoms with E-state index in [1.54, 1.807) is 0 Å². The Labute approximate surface area is 123 Å². The third kappa shape index (κ3) is 2.54. The van der Waals surface area contributed by atoms with E-state index in [0.29, 0.717) is 17.6 Å². The Morgan fingerprint density at radius 3 is 2.58 bits per heavy atom. The predicted octanol–water partition coefficient (Wildman–Crippen LogP) is 3.43. The van der Waals surface area contributed by atoms with E-state index in [2.05, 4.69) is 15.9 Å². The van der Waals surface area contributed by atoms with Crippen molar-refractivity contribution in [2.75, 3.05) is 16.8 Å². The Balaban J connectivity index is 2.47. The number of hydrogen-bond donors (Lipinski definition) is 0. The molecule has 102 valence electrons. The van der Waals surface area contributed by atoms with Gasteiger partial charge in [0.05, 0.1) is 16.3 Å². The predicted molar refractivity (Wildman–Crippen MR) is 75.7 cm³/mol. The third-order valence-corrected chi connectivity index (χ3v) is 4.77. The van der Waals surface area contributed by atoms with Crippen LogP contribution < -0.4 is 4.90 Å². The molecule has 0 aliphatic carbocycles. The van der Waals surface area contributed by atoms with Gasteiger partial charge in [-0.3, -0.25) is 9.59 Å². The largest absolute Gasteiger partial charge is 0.304 e. The second kappa shape index (κ2) is 4.87. The van der Waals surface area contributed by atoms with E-state index in [9.17, 15) is 14.0 Å². The molecule has 0 aromatic heterocycles. The summed E-state index contributed by atoms with van der Waals surface area (Å²) in [7, 11) is 0. The van der Waals surface area contributed by atoms with Gasteiger partial charge in [0.2, 0.25) is 0 Å². The maximum Gasteiger partial charge on any atom is 0.299 e. The second-order valence-electron chi connectivity index (χ2n) is 5.30. The molecule has 0 bridgehead atoms. The van der Waals surface area contributed by atoms with Crippen molar-refractivity contribution in [1.29, 1.82) is 0 Å². The molecule has 0 N–H and O–H groups in total. The molecule has 2 rings (SSSR count). The molecule has 19 heavy (non-hydrogen) atoms. The number of alkyl halides is 1. The molecule has 0 unspecified atom stereocenters. The summed E-state index contributed by atoms with van der Waals surface area (Å²) in [6.45, 7) is 4.23. The van der Waals surface area contributed by atoms with Gasteiger partial charge in [-0.05, 0) is 17.5 Å². The number of anilines is 1. The number of rotatable bonds is 3. The van der Waals surface area contributed by atoms with E-state index in [4.69, 9.17) is 11.6 Å². The van der Waals surface area contributed by atoms with Crippen LogP contribution in [0.5, 0.6) is 0 Å². The summed E-state index contributed by atoms with van der Waals surface area (Å²) < 4.78 is 13.5. The monoisotopic (exact) mass is 347 g/mol. The first-order chi connectivity index (χ1) is 8.76. The van der Waals surface area contributed by atoms with Gasteiger partial charge in [-0.1, -0.05) is 41.4 Å². The summed E-state index contributed by atoms with van der Waals surface area (Å²) in [4.78, 5) is 25.2. The maximum atomic E-state index is 13.5. The fraction of sp³-hybridized carbons (Fsp3) is 0.385. The van der Waals surface area contributed by atoms with Crippen molar-refractivity contribution in [3.8, 4) is 0 Å². The lowest BCUT2D eigenvalue weighted by molar-refractivity contribution is -0.114. The number of carbonyl (C=O) groups excluding carboxylic acids is 2. The van der Waals surface area contributed by atoms with Crippen molar-refractivity contribution in [3.63, 3.8) is 0 Å². The van der Waals surface area contributed by atoms with Gasteiger partial charge >= 0.3 is 0 Å². The first-order valence-electron chi connectivity index (χ1n) is 5.68. The molecule has 0 saturated carbocycles. The summed E-state index contributed by atoms with van der Waals surface area (Å²) in [6, 6.07) is 2.36. The van der Waals surface area contributed by atoms with Gasteiger partial charge in [-0.15, -0.1) is 0 Å². The molecule has 1 amide bonds. The first-order valence-corrected chi connectivity index (χ1v) is 7.18. The molecule has 0 radical (unpaired) electrons. The van der Waals surface area contributed by atoms with Crippen LogP contribution in [0.25, 0.3) is 0 Å². The van der Waals surface area contributed by atoms with Gasteiger partial charge in [0.15, 0.2) is 0 Å². The minimum Gasteiger partial charge on any atom is -0.304 e. The van der Waals surface area contributed by atoms with Crippen molar-refractivity contribution in [2.45, 2.75) is 13.8 Å². The molecule has 1 aliphatic rings. The highest BCUT2D eigenvalue weighted by Gasteiger charge is 2.39. The minimum absolute atomic E-state index is 0.151. The summed E-state index contributed by atoms with van der Waals surface area (Å²) in [5.41, 5.74) is 0.237. The zero-order valence-electron chi connectivity index (χ0n) is 10.5. The summed E-state index contributed by atoms with van der Waals surface area (Å²) in [5.74, 6) is -1.91. The lowest BCUT2D eigenvalue weighted by Gasteiger charge is -2.28. The molecular weight excluding hydrogens is 337 g/mol. The molecule has 3 nitrogen and oxygen atoms in total. The summed E-state index contributed by atoms with van der Waals surface area (Å²) in [5, 5.41) is 0.505. The van der Waals surface area contributed by atoms with Crippen molar-refractivity contribution in [2.24, 2.45) is 5.41 Å². The lowest BCUT2D eigenvalue weighted by Crippen LogP contribution is -2.38. The quantitative estimate of drug-likeness (QED) is 0.620. The Hall–Kier alpha value is -0.940. The summed E-state index contributed by atoms with van der Waals surface area (Å²) >= 11 is 9.01. The van der Waals surface area contributed by atoms with E-state index >= 15 is 0 Å². The molecule has 6 heteroatoms. The smallest absolute Gasteiger partial charge is 0.299 e.